The fourth-order valence-electron chi connectivity index (χ4n) is 2.65. The highest BCUT2D eigenvalue weighted by Crippen LogP contribution is 2.27. The zero-order valence-electron chi connectivity index (χ0n) is 15.5. The number of carbonyl (C=O) groups is 1. The maximum Gasteiger partial charge on any atom is 0.276 e. The molecule has 0 aliphatic rings. The van der Waals surface area contributed by atoms with Crippen LogP contribution in [0.5, 0.6) is 5.75 Å². The van der Waals surface area contributed by atoms with E-state index in [-0.39, 0.29) is 24.6 Å². The first-order valence-electron chi connectivity index (χ1n) is 8.59. The third-order valence-electron chi connectivity index (χ3n) is 4.16. The van der Waals surface area contributed by atoms with Crippen molar-refractivity contribution in [2.75, 3.05) is 5.32 Å². The second kappa shape index (κ2) is 8.62. The smallest absolute Gasteiger partial charge is 0.276 e. The molecule has 1 amide bonds. The molecule has 1 heterocycles. The van der Waals surface area contributed by atoms with Gasteiger partial charge in [0.2, 0.25) is 5.91 Å². The topological polar surface area (TPSA) is 94.4 Å². The summed E-state index contributed by atoms with van der Waals surface area (Å²) in [7, 11) is 0. The Morgan fingerprint density at radius 2 is 2.00 bits per heavy atom. The third-order valence-corrected chi connectivity index (χ3v) is 5.06. The monoisotopic (exact) mass is 397 g/mol. The van der Waals surface area contributed by atoms with Gasteiger partial charge >= 0.3 is 0 Å². The van der Waals surface area contributed by atoms with E-state index in [9.17, 15) is 14.9 Å². The van der Waals surface area contributed by atoms with E-state index in [1.54, 1.807) is 19.1 Å². The molecule has 28 heavy (non-hydrogen) atoms. The zero-order chi connectivity index (χ0) is 20.1. The van der Waals surface area contributed by atoms with E-state index >= 15 is 0 Å². The van der Waals surface area contributed by atoms with Crippen molar-refractivity contribution >= 4 is 28.6 Å². The Balaban J connectivity index is 1.59. The van der Waals surface area contributed by atoms with Gasteiger partial charge < -0.3 is 10.1 Å². The van der Waals surface area contributed by atoms with Gasteiger partial charge in [-0.25, -0.2) is 4.98 Å². The first-order chi connectivity index (χ1) is 13.4. The Morgan fingerprint density at radius 1 is 1.21 bits per heavy atom. The molecule has 0 aliphatic carbocycles. The first-order valence-corrected chi connectivity index (χ1v) is 9.47. The van der Waals surface area contributed by atoms with Gasteiger partial charge in [0.1, 0.15) is 17.4 Å². The number of nitrogens with zero attached hydrogens (tertiary/aromatic N) is 2. The van der Waals surface area contributed by atoms with Crippen LogP contribution in [0.1, 0.15) is 21.8 Å². The van der Waals surface area contributed by atoms with Crippen LogP contribution in [0, 0.1) is 24.0 Å². The number of benzene rings is 2. The molecule has 1 N–H and O–H groups in total. The fraction of sp³-hybridized carbons (Fsp3) is 0.200. The van der Waals surface area contributed by atoms with Crippen LogP contribution in [-0.2, 0) is 17.8 Å². The molecule has 0 saturated carbocycles. The fourth-order valence-corrected chi connectivity index (χ4v) is 3.43. The Labute approximate surface area is 166 Å². The summed E-state index contributed by atoms with van der Waals surface area (Å²) in [5.74, 6) is 0.312. The summed E-state index contributed by atoms with van der Waals surface area (Å²) < 4.78 is 5.68. The van der Waals surface area contributed by atoms with Crippen LogP contribution >= 0.6 is 11.3 Å². The lowest BCUT2D eigenvalue weighted by molar-refractivity contribution is -0.385. The summed E-state index contributed by atoms with van der Waals surface area (Å²) in [5, 5.41) is 16.4. The van der Waals surface area contributed by atoms with E-state index < -0.39 is 4.92 Å². The van der Waals surface area contributed by atoms with Crippen molar-refractivity contribution in [1.29, 1.82) is 0 Å². The molecule has 8 heteroatoms. The molecule has 0 unspecified atom stereocenters. The van der Waals surface area contributed by atoms with Gasteiger partial charge in [-0.05, 0) is 31.5 Å². The summed E-state index contributed by atoms with van der Waals surface area (Å²) in [6, 6.07) is 12.3. The standard InChI is InChI=1S/C20H19N3O4S/c1-13-6-3-4-7-16(13)22-19(24)10-20-21-15(12-28-20)11-27-18-9-5-8-17(14(18)2)23(25)26/h3-9,12H,10-11H2,1-2H3,(H,22,24). The van der Waals surface area contributed by atoms with E-state index in [4.69, 9.17) is 4.74 Å². The predicted octanol–water partition coefficient (Wildman–Crippen LogP) is 4.43. The first kappa shape index (κ1) is 19.5. The van der Waals surface area contributed by atoms with E-state index in [1.165, 1.54) is 17.4 Å². The molecule has 144 valence electrons. The van der Waals surface area contributed by atoms with Crippen molar-refractivity contribution in [3.05, 3.63) is 79.8 Å². The Kier molecular flexibility index (Phi) is 6.00. The molecule has 0 bridgehead atoms. The van der Waals surface area contributed by atoms with E-state index in [2.05, 4.69) is 10.3 Å². The largest absolute Gasteiger partial charge is 0.487 e. The number of anilines is 1. The van der Waals surface area contributed by atoms with Gasteiger partial charge in [-0.1, -0.05) is 24.3 Å². The van der Waals surface area contributed by atoms with Gasteiger partial charge in [-0.15, -0.1) is 11.3 Å². The van der Waals surface area contributed by atoms with E-state index in [0.29, 0.717) is 22.0 Å². The number of rotatable bonds is 7. The molecule has 0 radical (unpaired) electrons. The highest BCUT2D eigenvalue weighted by Gasteiger charge is 2.15. The number of hydrogen-bond acceptors (Lipinski definition) is 6. The SMILES string of the molecule is Cc1ccccc1NC(=O)Cc1nc(COc2cccc([N+](=O)[O-])c2C)cs1. The van der Waals surface area contributed by atoms with Crippen LogP contribution in [0.2, 0.25) is 0 Å². The van der Waals surface area contributed by atoms with Gasteiger partial charge in [0.25, 0.3) is 5.69 Å². The van der Waals surface area contributed by atoms with Crippen LogP contribution in [-0.4, -0.2) is 15.8 Å². The number of ether oxygens (including phenoxy) is 1. The zero-order valence-corrected chi connectivity index (χ0v) is 16.3. The number of nitrogens with one attached hydrogen (secondary N) is 1. The predicted molar refractivity (Wildman–Crippen MR) is 108 cm³/mol. The summed E-state index contributed by atoms with van der Waals surface area (Å²) in [4.78, 5) is 27.2. The second-order valence-electron chi connectivity index (χ2n) is 6.22. The highest BCUT2D eigenvalue weighted by molar-refractivity contribution is 7.09. The summed E-state index contributed by atoms with van der Waals surface area (Å²) in [5.41, 5.74) is 2.95. The quantitative estimate of drug-likeness (QED) is 0.470. The number of carbonyl (C=O) groups excluding carboxylic acids is 1. The van der Waals surface area contributed by atoms with Gasteiger partial charge in [-0.3, -0.25) is 14.9 Å². The van der Waals surface area contributed by atoms with E-state index in [1.807, 2.05) is 36.6 Å². The van der Waals surface area contributed by atoms with Crippen LogP contribution < -0.4 is 10.1 Å². The number of nitro groups is 1. The molecule has 2 aromatic carbocycles. The van der Waals surface area contributed by atoms with Crippen molar-refractivity contribution in [1.82, 2.24) is 4.98 Å². The van der Waals surface area contributed by atoms with Gasteiger partial charge in [0.15, 0.2) is 0 Å². The van der Waals surface area contributed by atoms with Crippen LogP contribution in [0.25, 0.3) is 0 Å². The minimum Gasteiger partial charge on any atom is -0.487 e. The lowest BCUT2D eigenvalue weighted by Crippen LogP contribution is -2.15. The normalized spacial score (nSPS) is 10.5. The summed E-state index contributed by atoms with van der Waals surface area (Å²) in [6.45, 7) is 3.76. The Morgan fingerprint density at radius 3 is 2.75 bits per heavy atom. The van der Waals surface area contributed by atoms with Gasteiger partial charge in [0, 0.05) is 17.1 Å². The van der Waals surface area contributed by atoms with Crippen LogP contribution in [0.4, 0.5) is 11.4 Å². The number of para-hydroxylation sites is 1. The molecule has 3 rings (SSSR count). The van der Waals surface area contributed by atoms with Crippen LogP contribution in [0.15, 0.2) is 47.8 Å². The van der Waals surface area contributed by atoms with E-state index in [0.717, 1.165) is 11.3 Å². The molecule has 7 nitrogen and oxygen atoms in total. The van der Waals surface area contributed by atoms with Crippen molar-refractivity contribution in [2.45, 2.75) is 26.9 Å². The van der Waals surface area contributed by atoms with Gasteiger partial charge in [0.05, 0.1) is 22.6 Å². The molecule has 0 fully saturated rings. The maximum absolute atomic E-state index is 12.2. The molecule has 0 atom stereocenters. The number of amides is 1. The molecule has 1 aromatic heterocycles. The lowest BCUT2D eigenvalue weighted by Gasteiger charge is -2.08. The molecule has 0 saturated heterocycles. The highest BCUT2D eigenvalue weighted by atomic mass is 32.1. The van der Waals surface area contributed by atoms with Crippen molar-refractivity contribution < 1.29 is 14.5 Å². The molecule has 0 aliphatic heterocycles. The average Bonchev–Trinajstić information content (AvgIpc) is 3.09. The third kappa shape index (κ3) is 4.72. The maximum atomic E-state index is 12.2. The number of thiazole rings is 1. The summed E-state index contributed by atoms with van der Waals surface area (Å²) in [6.07, 6.45) is 0.175. The number of aromatic nitrogens is 1. The Hall–Kier alpha value is -3.26. The molecule has 3 aromatic rings. The van der Waals surface area contributed by atoms with Crippen molar-refractivity contribution in [3.63, 3.8) is 0 Å². The lowest BCUT2D eigenvalue weighted by atomic mass is 10.2. The van der Waals surface area contributed by atoms with Crippen LogP contribution in [0.3, 0.4) is 0 Å². The van der Waals surface area contributed by atoms with Crippen molar-refractivity contribution in [2.24, 2.45) is 0 Å². The van der Waals surface area contributed by atoms with Gasteiger partial charge in [-0.2, -0.15) is 0 Å². The molecule has 0 spiro atoms. The molecular formula is C20H19N3O4S. The minimum absolute atomic E-state index is 0.0179. The number of hydrogen-bond donors (Lipinski definition) is 1. The second-order valence-corrected chi connectivity index (χ2v) is 7.16. The summed E-state index contributed by atoms with van der Waals surface area (Å²) >= 11 is 1.38. The number of nitro benzene ring substituents is 1. The average molecular weight is 397 g/mol. The molecular weight excluding hydrogens is 378 g/mol. The van der Waals surface area contributed by atoms with Crippen molar-refractivity contribution in [3.8, 4) is 5.75 Å². The minimum atomic E-state index is -0.434. The number of aryl methyl sites for hydroxylation is 1. The Bertz CT molecular complexity index is 1020.